The summed E-state index contributed by atoms with van der Waals surface area (Å²) in [4.78, 5) is 37.1. The number of Topliss-reactive ketones (excluding diaryl/α,β-unsaturated/α-hetero) is 1. The summed E-state index contributed by atoms with van der Waals surface area (Å²) in [6.07, 6.45) is 0.475. The van der Waals surface area contributed by atoms with E-state index in [9.17, 15) is 14.4 Å². The monoisotopic (exact) mass is 366 g/mol. The van der Waals surface area contributed by atoms with Gasteiger partial charge in [0.15, 0.2) is 5.78 Å². The van der Waals surface area contributed by atoms with Crippen LogP contribution >= 0.6 is 0 Å². The van der Waals surface area contributed by atoms with Crippen molar-refractivity contribution in [3.63, 3.8) is 0 Å². The molecule has 0 radical (unpaired) electrons. The van der Waals surface area contributed by atoms with Crippen molar-refractivity contribution in [2.24, 2.45) is 17.6 Å². The minimum atomic E-state index is -0.761. The van der Waals surface area contributed by atoms with E-state index in [2.05, 4.69) is 5.32 Å². The smallest absolute Gasteiger partial charge is 0.240 e. The fourth-order valence-corrected chi connectivity index (χ4v) is 2.96. The zero-order chi connectivity index (χ0) is 19.8. The van der Waals surface area contributed by atoms with Gasteiger partial charge in [-0.25, -0.2) is 0 Å². The number of carbonyl (C=O) groups is 3. The Labute approximate surface area is 160 Å². The normalized spacial score (nSPS) is 13.0. The Hall–Kier alpha value is -2.95. The predicted octanol–water partition coefficient (Wildman–Crippen LogP) is 2.74. The van der Waals surface area contributed by atoms with Crippen LogP contribution in [0.1, 0.15) is 36.2 Å². The molecule has 2 rings (SSSR count). The molecule has 3 N–H and O–H groups in total. The van der Waals surface area contributed by atoms with Crippen LogP contribution in [0.3, 0.4) is 0 Å². The fraction of sp³-hybridized carbons (Fsp3) is 0.318. The van der Waals surface area contributed by atoms with Crippen LogP contribution in [0.4, 0.5) is 0 Å². The minimum Gasteiger partial charge on any atom is -0.368 e. The molecule has 2 amide bonds. The summed E-state index contributed by atoms with van der Waals surface area (Å²) in [5.74, 6) is -1.73. The van der Waals surface area contributed by atoms with Crippen LogP contribution in [0.15, 0.2) is 60.7 Å². The highest BCUT2D eigenvalue weighted by molar-refractivity contribution is 5.99. The number of carbonyl (C=O) groups excluding carboxylic acids is 3. The molecule has 2 unspecified atom stereocenters. The molecule has 0 aliphatic heterocycles. The van der Waals surface area contributed by atoms with E-state index in [1.54, 1.807) is 24.3 Å². The van der Waals surface area contributed by atoms with E-state index in [1.165, 1.54) is 0 Å². The summed E-state index contributed by atoms with van der Waals surface area (Å²) >= 11 is 0. The van der Waals surface area contributed by atoms with Crippen LogP contribution in [-0.2, 0) is 16.0 Å². The maximum Gasteiger partial charge on any atom is 0.240 e. The Kier molecular flexibility index (Phi) is 7.29. The van der Waals surface area contributed by atoms with Gasteiger partial charge in [-0.1, -0.05) is 74.5 Å². The van der Waals surface area contributed by atoms with Crippen LogP contribution in [0.25, 0.3) is 0 Å². The van der Waals surface area contributed by atoms with E-state index < -0.39 is 17.9 Å². The summed E-state index contributed by atoms with van der Waals surface area (Å²) < 4.78 is 0. The predicted molar refractivity (Wildman–Crippen MR) is 105 cm³/mol. The van der Waals surface area contributed by atoms with E-state index in [4.69, 9.17) is 5.73 Å². The van der Waals surface area contributed by atoms with Gasteiger partial charge in [-0.3, -0.25) is 14.4 Å². The molecule has 0 heterocycles. The number of nitrogens with one attached hydrogen (secondary N) is 1. The number of ketones is 1. The Morgan fingerprint density at radius 3 is 2.00 bits per heavy atom. The highest BCUT2D eigenvalue weighted by atomic mass is 16.2. The summed E-state index contributed by atoms with van der Waals surface area (Å²) in [5, 5.41) is 2.73. The molecule has 27 heavy (non-hydrogen) atoms. The molecule has 5 heteroatoms. The molecular formula is C22H26N2O3. The number of rotatable bonds is 9. The Balaban J connectivity index is 2.19. The van der Waals surface area contributed by atoms with Crippen molar-refractivity contribution >= 4 is 17.6 Å². The van der Waals surface area contributed by atoms with Gasteiger partial charge < -0.3 is 11.1 Å². The standard InChI is InChI=1S/C22H26N2O3/c1-15(2)20(21(23)26)24-22(27)18(13-16-9-5-3-6-10-16)14-19(25)17-11-7-4-8-12-17/h3-12,15,18,20H,13-14H2,1-2H3,(H2,23,26)(H,24,27). The average molecular weight is 366 g/mol. The lowest BCUT2D eigenvalue weighted by atomic mass is 9.90. The van der Waals surface area contributed by atoms with Crippen LogP contribution in [0, 0.1) is 11.8 Å². The van der Waals surface area contributed by atoms with Crippen LogP contribution < -0.4 is 11.1 Å². The maximum atomic E-state index is 12.9. The molecule has 0 saturated carbocycles. The van der Waals surface area contributed by atoms with Crippen molar-refractivity contribution in [3.05, 3.63) is 71.8 Å². The first-order chi connectivity index (χ1) is 12.9. The third-order valence-corrected chi connectivity index (χ3v) is 4.49. The van der Waals surface area contributed by atoms with Gasteiger partial charge in [0.2, 0.25) is 11.8 Å². The molecule has 0 spiro atoms. The second-order valence-electron chi connectivity index (χ2n) is 7.01. The molecule has 2 atom stereocenters. The van der Waals surface area contributed by atoms with Gasteiger partial charge >= 0.3 is 0 Å². The van der Waals surface area contributed by atoms with E-state index in [0.29, 0.717) is 12.0 Å². The molecule has 2 aromatic rings. The second kappa shape index (κ2) is 9.67. The highest BCUT2D eigenvalue weighted by Crippen LogP contribution is 2.17. The molecule has 0 aromatic heterocycles. The van der Waals surface area contributed by atoms with E-state index in [-0.39, 0.29) is 24.0 Å². The zero-order valence-electron chi connectivity index (χ0n) is 15.7. The van der Waals surface area contributed by atoms with Gasteiger partial charge in [0, 0.05) is 17.9 Å². The number of primary amides is 1. The van der Waals surface area contributed by atoms with Crippen molar-refractivity contribution in [3.8, 4) is 0 Å². The zero-order valence-corrected chi connectivity index (χ0v) is 15.7. The fourth-order valence-electron chi connectivity index (χ4n) is 2.96. The van der Waals surface area contributed by atoms with Crippen molar-refractivity contribution in [1.29, 1.82) is 0 Å². The van der Waals surface area contributed by atoms with Crippen molar-refractivity contribution in [2.45, 2.75) is 32.7 Å². The lowest BCUT2D eigenvalue weighted by Gasteiger charge is -2.23. The van der Waals surface area contributed by atoms with Crippen molar-refractivity contribution < 1.29 is 14.4 Å². The van der Waals surface area contributed by atoms with Gasteiger partial charge in [-0.05, 0) is 17.9 Å². The molecule has 5 nitrogen and oxygen atoms in total. The van der Waals surface area contributed by atoms with E-state index in [0.717, 1.165) is 5.56 Å². The van der Waals surface area contributed by atoms with Crippen molar-refractivity contribution in [2.75, 3.05) is 0 Å². The SMILES string of the molecule is CC(C)C(NC(=O)C(CC(=O)c1ccccc1)Cc1ccccc1)C(N)=O. The van der Waals surface area contributed by atoms with Gasteiger partial charge in [0.25, 0.3) is 0 Å². The first-order valence-electron chi connectivity index (χ1n) is 9.10. The Morgan fingerprint density at radius 2 is 1.48 bits per heavy atom. The first kappa shape index (κ1) is 20.4. The van der Waals surface area contributed by atoms with Crippen molar-refractivity contribution in [1.82, 2.24) is 5.32 Å². The molecule has 142 valence electrons. The van der Waals surface area contributed by atoms with E-state index >= 15 is 0 Å². The topological polar surface area (TPSA) is 89.3 Å². The molecule has 2 aromatic carbocycles. The van der Waals surface area contributed by atoms with Gasteiger partial charge in [-0.2, -0.15) is 0 Å². The second-order valence-corrected chi connectivity index (χ2v) is 7.01. The Bertz CT molecular complexity index is 773. The highest BCUT2D eigenvalue weighted by Gasteiger charge is 2.28. The third-order valence-electron chi connectivity index (χ3n) is 4.49. The van der Waals surface area contributed by atoms with E-state index in [1.807, 2.05) is 50.2 Å². The lowest BCUT2D eigenvalue weighted by Crippen LogP contribution is -2.50. The molecular weight excluding hydrogens is 340 g/mol. The summed E-state index contributed by atoms with van der Waals surface area (Å²) in [7, 11) is 0. The van der Waals surface area contributed by atoms with Crippen LogP contribution in [0.2, 0.25) is 0 Å². The molecule has 0 bridgehead atoms. The summed E-state index contributed by atoms with van der Waals surface area (Å²) in [5.41, 5.74) is 6.94. The number of amides is 2. The molecule has 0 fully saturated rings. The summed E-state index contributed by atoms with van der Waals surface area (Å²) in [6.45, 7) is 3.63. The lowest BCUT2D eigenvalue weighted by molar-refractivity contribution is -0.130. The first-order valence-corrected chi connectivity index (χ1v) is 9.10. The van der Waals surface area contributed by atoms with Crippen LogP contribution in [0.5, 0.6) is 0 Å². The summed E-state index contributed by atoms with van der Waals surface area (Å²) in [6, 6.07) is 17.7. The number of hydrogen-bond acceptors (Lipinski definition) is 3. The third kappa shape index (κ3) is 6.06. The largest absolute Gasteiger partial charge is 0.368 e. The van der Waals surface area contributed by atoms with Gasteiger partial charge in [-0.15, -0.1) is 0 Å². The number of nitrogens with two attached hydrogens (primary N) is 1. The molecule has 0 aliphatic rings. The van der Waals surface area contributed by atoms with Gasteiger partial charge in [0.05, 0.1) is 0 Å². The quantitative estimate of drug-likeness (QED) is 0.669. The number of benzene rings is 2. The van der Waals surface area contributed by atoms with Gasteiger partial charge in [0.1, 0.15) is 6.04 Å². The minimum absolute atomic E-state index is 0.0638. The molecule has 0 saturated heterocycles. The number of hydrogen-bond donors (Lipinski definition) is 2. The maximum absolute atomic E-state index is 12.9. The van der Waals surface area contributed by atoms with Crippen LogP contribution in [-0.4, -0.2) is 23.6 Å². The average Bonchev–Trinajstić information content (AvgIpc) is 2.66. The Morgan fingerprint density at radius 1 is 0.926 bits per heavy atom. The molecule has 0 aliphatic carbocycles.